The summed E-state index contributed by atoms with van der Waals surface area (Å²) in [6.45, 7) is 15.4. The molecule has 168 valence electrons. The van der Waals surface area contributed by atoms with Crippen LogP contribution in [0.25, 0.3) is 0 Å². The van der Waals surface area contributed by atoms with Crippen LogP contribution in [0.5, 0.6) is 0 Å². The molecule has 0 radical (unpaired) electrons. The maximum Gasteiger partial charge on any atom is -0.0264 e. The number of hydrogen-bond donors (Lipinski definition) is 0. The molecule has 0 aromatic rings. The van der Waals surface area contributed by atoms with Crippen LogP contribution in [0.3, 0.4) is 0 Å². The zero-order chi connectivity index (χ0) is 20.8. The Labute approximate surface area is 183 Å². The van der Waals surface area contributed by atoms with Gasteiger partial charge in [-0.1, -0.05) is 67.2 Å². The van der Waals surface area contributed by atoms with Crippen molar-refractivity contribution in [3.05, 3.63) is 0 Å². The van der Waals surface area contributed by atoms with Crippen LogP contribution >= 0.6 is 0 Å². The fraction of sp³-hybridized carbons (Fsp3) is 1.00. The first-order valence-electron chi connectivity index (χ1n) is 13.8. The Morgan fingerprint density at radius 1 is 0.759 bits per heavy atom. The Morgan fingerprint density at radius 2 is 1.52 bits per heavy atom. The summed E-state index contributed by atoms with van der Waals surface area (Å²) in [4.78, 5) is 0. The van der Waals surface area contributed by atoms with Crippen molar-refractivity contribution in [2.45, 2.75) is 125 Å². The Hall–Kier alpha value is 0. The molecule has 9 atom stereocenters. The van der Waals surface area contributed by atoms with E-state index in [4.69, 9.17) is 0 Å². The molecular weight excluding hydrogens is 348 g/mol. The van der Waals surface area contributed by atoms with Crippen molar-refractivity contribution in [3.8, 4) is 0 Å². The second kappa shape index (κ2) is 8.50. The number of hydrogen-bond acceptors (Lipinski definition) is 0. The number of fused-ring (bicyclic) bond motifs is 5. The largest absolute Gasteiger partial charge is 0.0651 e. The summed E-state index contributed by atoms with van der Waals surface area (Å²) in [6.07, 6.45) is 19.8. The molecule has 4 aliphatic carbocycles. The summed E-state index contributed by atoms with van der Waals surface area (Å²) in [5.41, 5.74) is 1.37. The highest BCUT2D eigenvalue weighted by Gasteiger charge is 2.60. The van der Waals surface area contributed by atoms with E-state index in [0.717, 1.165) is 47.3 Å². The monoisotopic (exact) mass is 400 g/mol. The molecule has 0 amide bonds. The lowest BCUT2D eigenvalue weighted by Gasteiger charge is -2.61. The van der Waals surface area contributed by atoms with E-state index < -0.39 is 0 Å². The fourth-order valence-electron chi connectivity index (χ4n) is 9.96. The van der Waals surface area contributed by atoms with E-state index in [1.165, 1.54) is 32.1 Å². The van der Waals surface area contributed by atoms with Gasteiger partial charge in [-0.2, -0.15) is 0 Å². The summed E-state index contributed by atoms with van der Waals surface area (Å²) in [5.74, 6) is 8.02. The van der Waals surface area contributed by atoms with Gasteiger partial charge in [0.2, 0.25) is 0 Å². The van der Waals surface area contributed by atoms with Gasteiger partial charge in [-0.15, -0.1) is 0 Å². The Kier molecular flexibility index (Phi) is 6.51. The topological polar surface area (TPSA) is 0 Å². The van der Waals surface area contributed by atoms with Crippen LogP contribution in [0.1, 0.15) is 125 Å². The summed E-state index contributed by atoms with van der Waals surface area (Å²) in [5, 5.41) is 0. The van der Waals surface area contributed by atoms with Crippen molar-refractivity contribution in [1.82, 2.24) is 0 Å². The minimum Gasteiger partial charge on any atom is -0.0651 e. The molecule has 0 N–H and O–H groups in total. The molecule has 4 rings (SSSR count). The molecule has 1 unspecified atom stereocenters. The second-order valence-electron chi connectivity index (χ2n) is 13.1. The van der Waals surface area contributed by atoms with E-state index in [1.54, 1.807) is 51.4 Å². The van der Waals surface area contributed by atoms with Crippen molar-refractivity contribution in [2.75, 3.05) is 0 Å². The Bertz CT molecular complexity index is 548. The van der Waals surface area contributed by atoms with Gasteiger partial charge in [-0.25, -0.2) is 0 Å². The van der Waals surface area contributed by atoms with Crippen molar-refractivity contribution in [1.29, 1.82) is 0 Å². The molecule has 0 nitrogen and oxygen atoms in total. The molecule has 0 aromatic heterocycles. The molecule has 4 saturated carbocycles. The molecule has 4 aliphatic rings. The first-order valence-corrected chi connectivity index (χ1v) is 13.8. The van der Waals surface area contributed by atoms with Crippen LogP contribution in [0.4, 0.5) is 0 Å². The van der Waals surface area contributed by atoms with Crippen LogP contribution in [-0.2, 0) is 0 Å². The first kappa shape index (κ1) is 22.2. The highest BCUT2D eigenvalue weighted by atomic mass is 14.6. The van der Waals surface area contributed by atoms with Crippen LogP contribution in [0, 0.1) is 58.2 Å². The van der Waals surface area contributed by atoms with Crippen molar-refractivity contribution in [2.24, 2.45) is 58.2 Å². The maximum atomic E-state index is 2.76. The van der Waals surface area contributed by atoms with Gasteiger partial charge >= 0.3 is 0 Å². The summed E-state index contributed by atoms with van der Waals surface area (Å²) >= 11 is 0. The molecule has 0 saturated heterocycles. The zero-order valence-corrected chi connectivity index (χ0v) is 20.8. The van der Waals surface area contributed by atoms with Gasteiger partial charge in [0.1, 0.15) is 0 Å². The standard InChI is InChI=1S/C29H52/c1-7-22(20(2)3)12-11-21(4)25-15-16-26-24-14-13-23-10-8-9-18-28(23,5)27(24)17-19-29(25,26)6/h20-27H,7-19H2,1-6H3/t21-,22?,23-,24-,25+,26-,27-,28+,29-/m1/s1. The van der Waals surface area contributed by atoms with E-state index in [-0.39, 0.29) is 0 Å². The molecule has 0 heterocycles. The molecular formula is C29H52. The Balaban J connectivity index is 1.45. The van der Waals surface area contributed by atoms with Crippen LogP contribution in [-0.4, -0.2) is 0 Å². The minimum absolute atomic E-state index is 0.665. The van der Waals surface area contributed by atoms with Crippen LogP contribution in [0.2, 0.25) is 0 Å². The van der Waals surface area contributed by atoms with Gasteiger partial charge in [-0.05, 0) is 116 Å². The molecule has 0 heteroatoms. The van der Waals surface area contributed by atoms with Gasteiger partial charge in [0, 0.05) is 0 Å². The predicted molar refractivity (Wildman–Crippen MR) is 127 cm³/mol. The number of rotatable bonds is 6. The van der Waals surface area contributed by atoms with Crippen molar-refractivity contribution in [3.63, 3.8) is 0 Å². The quantitative estimate of drug-likeness (QED) is 0.417. The smallest absolute Gasteiger partial charge is 0.0264 e. The summed E-state index contributed by atoms with van der Waals surface area (Å²) in [7, 11) is 0. The normalized spacial score (nSPS) is 46.7. The highest BCUT2D eigenvalue weighted by molar-refractivity contribution is 5.09. The van der Waals surface area contributed by atoms with Crippen LogP contribution < -0.4 is 0 Å². The summed E-state index contributed by atoms with van der Waals surface area (Å²) in [6, 6.07) is 0. The van der Waals surface area contributed by atoms with E-state index in [0.29, 0.717) is 10.8 Å². The lowest BCUT2D eigenvalue weighted by atomic mass is 9.44. The van der Waals surface area contributed by atoms with E-state index >= 15 is 0 Å². The van der Waals surface area contributed by atoms with Gasteiger partial charge in [-0.3, -0.25) is 0 Å². The lowest BCUT2D eigenvalue weighted by molar-refractivity contribution is -0.114. The zero-order valence-electron chi connectivity index (χ0n) is 20.8. The average molecular weight is 401 g/mol. The van der Waals surface area contributed by atoms with Gasteiger partial charge < -0.3 is 0 Å². The first-order chi connectivity index (χ1) is 13.8. The summed E-state index contributed by atoms with van der Waals surface area (Å²) < 4.78 is 0. The molecule has 4 fully saturated rings. The predicted octanol–water partition coefficient (Wildman–Crippen LogP) is 9.13. The van der Waals surface area contributed by atoms with E-state index in [1.807, 2.05) is 0 Å². The van der Waals surface area contributed by atoms with Crippen molar-refractivity contribution >= 4 is 0 Å². The maximum absolute atomic E-state index is 2.76. The molecule has 0 aliphatic heterocycles. The van der Waals surface area contributed by atoms with Crippen molar-refractivity contribution < 1.29 is 0 Å². The minimum atomic E-state index is 0.665. The van der Waals surface area contributed by atoms with E-state index in [9.17, 15) is 0 Å². The Morgan fingerprint density at radius 3 is 2.24 bits per heavy atom. The second-order valence-corrected chi connectivity index (χ2v) is 13.1. The third-order valence-electron chi connectivity index (χ3n) is 11.8. The molecule has 0 bridgehead atoms. The average Bonchev–Trinajstić information content (AvgIpc) is 3.05. The van der Waals surface area contributed by atoms with Gasteiger partial charge in [0.15, 0.2) is 0 Å². The molecule has 0 aromatic carbocycles. The lowest BCUT2D eigenvalue weighted by Crippen LogP contribution is -2.53. The van der Waals surface area contributed by atoms with Gasteiger partial charge in [0.05, 0.1) is 0 Å². The third-order valence-corrected chi connectivity index (χ3v) is 11.8. The fourth-order valence-corrected chi connectivity index (χ4v) is 9.96. The van der Waals surface area contributed by atoms with Gasteiger partial charge in [0.25, 0.3) is 0 Å². The SMILES string of the molecule is CCC(CC[C@@H](C)[C@@H]1CC[C@@H]2[C@H]3CC[C@H]4CCCC[C@]4(C)[C@@H]3CC[C@@]21C)C(C)C. The molecule has 29 heavy (non-hydrogen) atoms. The third kappa shape index (κ3) is 3.75. The van der Waals surface area contributed by atoms with E-state index in [2.05, 4.69) is 41.5 Å². The van der Waals surface area contributed by atoms with Crippen LogP contribution in [0.15, 0.2) is 0 Å². The molecule has 0 spiro atoms. The highest BCUT2D eigenvalue weighted by Crippen LogP contribution is 2.68.